The summed E-state index contributed by atoms with van der Waals surface area (Å²) in [6.45, 7) is 6.08. The van der Waals surface area contributed by atoms with Crippen LogP contribution < -0.4 is 5.32 Å². The van der Waals surface area contributed by atoms with Gasteiger partial charge in [-0.2, -0.15) is 0 Å². The molecule has 5 nitrogen and oxygen atoms in total. The molecule has 1 unspecified atom stereocenters. The number of rotatable bonds is 3. The second-order valence-corrected chi connectivity index (χ2v) is 5.08. The van der Waals surface area contributed by atoms with E-state index in [4.69, 9.17) is 0 Å². The van der Waals surface area contributed by atoms with Crippen LogP contribution in [0.25, 0.3) is 0 Å². The Bertz CT molecular complexity index is 433. The minimum Gasteiger partial charge on any atom is -0.372 e. The van der Waals surface area contributed by atoms with Crippen molar-refractivity contribution in [2.45, 2.75) is 20.3 Å². The van der Waals surface area contributed by atoms with Crippen molar-refractivity contribution in [3.8, 4) is 0 Å². The van der Waals surface area contributed by atoms with Crippen molar-refractivity contribution in [2.24, 2.45) is 11.8 Å². The maximum absolute atomic E-state index is 12.3. The Hall–Kier alpha value is -1.65. The number of amides is 1. The molecule has 0 aromatic carbocycles. The van der Waals surface area contributed by atoms with Crippen LogP contribution in [0.5, 0.6) is 0 Å². The van der Waals surface area contributed by atoms with E-state index in [1.165, 1.54) is 6.20 Å². The first-order valence-electron chi connectivity index (χ1n) is 6.41. The quantitative estimate of drug-likeness (QED) is 0.883. The predicted molar refractivity (Wildman–Crippen MR) is 70.4 cm³/mol. The molecule has 2 rings (SSSR count). The van der Waals surface area contributed by atoms with Gasteiger partial charge in [0.05, 0.1) is 12.4 Å². The Kier molecular flexibility index (Phi) is 3.79. The second kappa shape index (κ2) is 5.33. The summed E-state index contributed by atoms with van der Waals surface area (Å²) in [6.07, 6.45) is 4.23. The Balaban J connectivity index is 2.08. The number of carbonyl (C=O) groups is 1. The number of hydrogen-bond acceptors (Lipinski definition) is 4. The van der Waals surface area contributed by atoms with Gasteiger partial charge in [0.1, 0.15) is 11.5 Å². The van der Waals surface area contributed by atoms with E-state index in [0.717, 1.165) is 19.5 Å². The second-order valence-electron chi connectivity index (χ2n) is 5.08. The van der Waals surface area contributed by atoms with Crippen molar-refractivity contribution in [1.29, 1.82) is 0 Å². The number of carbonyl (C=O) groups excluding carboxylic acids is 1. The van der Waals surface area contributed by atoms with E-state index >= 15 is 0 Å². The number of nitrogens with one attached hydrogen (secondary N) is 1. The normalized spacial score (nSPS) is 19.3. The lowest BCUT2D eigenvalue weighted by molar-refractivity contribution is 0.0778. The molecule has 2 heterocycles. The Morgan fingerprint density at radius 1 is 1.50 bits per heavy atom. The first-order chi connectivity index (χ1) is 8.61. The van der Waals surface area contributed by atoms with Gasteiger partial charge < -0.3 is 10.2 Å². The van der Waals surface area contributed by atoms with Crippen molar-refractivity contribution in [3.63, 3.8) is 0 Å². The number of aromatic nitrogens is 2. The molecule has 1 atom stereocenters. The van der Waals surface area contributed by atoms with Crippen LogP contribution in [-0.2, 0) is 0 Å². The molecule has 0 radical (unpaired) electrons. The number of likely N-dealkylation sites (tertiary alicyclic amines) is 1. The lowest BCUT2D eigenvalue weighted by Gasteiger charge is -2.17. The smallest absolute Gasteiger partial charge is 0.274 e. The monoisotopic (exact) mass is 248 g/mol. The predicted octanol–water partition coefficient (Wildman–Crippen LogP) is 1.64. The van der Waals surface area contributed by atoms with Crippen molar-refractivity contribution in [3.05, 3.63) is 18.1 Å². The van der Waals surface area contributed by atoms with E-state index in [1.54, 1.807) is 13.2 Å². The number of hydrogen-bond donors (Lipinski definition) is 1. The van der Waals surface area contributed by atoms with E-state index in [-0.39, 0.29) is 5.91 Å². The van der Waals surface area contributed by atoms with E-state index < -0.39 is 0 Å². The molecule has 0 bridgehead atoms. The third kappa shape index (κ3) is 2.60. The Morgan fingerprint density at radius 3 is 2.89 bits per heavy atom. The van der Waals surface area contributed by atoms with Gasteiger partial charge in [0.15, 0.2) is 0 Å². The average molecular weight is 248 g/mol. The largest absolute Gasteiger partial charge is 0.372 e. The fourth-order valence-corrected chi connectivity index (χ4v) is 2.27. The Morgan fingerprint density at radius 2 is 2.28 bits per heavy atom. The molecule has 98 valence electrons. The molecule has 18 heavy (non-hydrogen) atoms. The first-order valence-corrected chi connectivity index (χ1v) is 6.41. The van der Waals surface area contributed by atoms with Crippen molar-refractivity contribution in [1.82, 2.24) is 14.9 Å². The summed E-state index contributed by atoms with van der Waals surface area (Å²) in [5, 5.41) is 2.90. The fraction of sp³-hybridized carbons (Fsp3) is 0.615. The molecule has 0 spiro atoms. The summed E-state index contributed by atoms with van der Waals surface area (Å²) in [5.74, 6) is 1.84. The topological polar surface area (TPSA) is 58.1 Å². The van der Waals surface area contributed by atoms with Crippen molar-refractivity contribution < 1.29 is 4.79 Å². The highest BCUT2D eigenvalue weighted by Gasteiger charge is 2.29. The maximum Gasteiger partial charge on any atom is 0.274 e. The number of anilines is 1. The van der Waals surface area contributed by atoms with Gasteiger partial charge >= 0.3 is 0 Å². The van der Waals surface area contributed by atoms with Crippen LogP contribution in [0.1, 0.15) is 30.8 Å². The SMILES string of the molecule is CNc1cncc(C(=O)N2CCC(C(C)C)C2)n1. The van der Waals surface area contributed by atoms with E-state index in [2.05, 4.69) is 29.1 Å². The van der Waals surface area contributed by atoms with Gasteiger partial charge in [-0.15, -0.1) is 0 Å². The van der Waals surface area contributed by atoms with Crippen LogP contribution in [0.4, 0.5) is 5.82 Å². The van der Waals surface area contributed by atoms with Gasteiger partial charge in [0, 0.05) is 20.1 Å². The van der Waals surface area contributed by atoms with Gasteiger partial charge in [-0.25, -0.2) is 4.98 Å². The minimum atomic E-state index is -0.0113. The highest BCUT2D eigenvalue weighted by Crippen LogP contribution is 2.24. The maximum atomic E-state index is 12.3. The highest BCUT2D eigenvalue weighted by atomic mass is 16.2. The molecule has 1 aromatic heterocycles. The summed E-state index contributed by atoms with van der Waals surface area (Å²) >= 11 is 0. The molecule has 0 saturated carbocycles. The van der Waals surface area contributed by atoms with Crippen LogP contribution in [0.3, 0.4) is 0 Å². The first kappa shape index (κ1) is 12.8. The molecular formula is C13H20N4O. The van der Waals surface area contributed by atoms with E-state index in [9.17, 15) is 4.79 Å². The summed E-state index contributed by atoms with van der Waals surface area (Å²) in [7, 11) is 1.77. The molecule has 0 aliphatic carbocycles. The lowest BCUT2D eigenvalue weighted by Crippen LogP contribution is -2.30. The van der Waals surface area contributed by atoms with E-state index in [0.29, 0.717) is 23.3 Å². The fourth-order valence-electron chi connectivity index (χ4n) is 2.27. The van der Waals surface area contributed by atoms with Crippen molar-refractivity contribution in [2.75, 3.05) is 25.5 Å². The summed E-state index contributed by atoms with van der Waals surface area (Å²) in [6, 6.07) is 0. The molecule has 1 aliphatic rings. The van der Waals surface area contributed by atoms with Crippen LogP contribution in [-0.4, -0.2) is 40.9 Å². The van der Waals surface area contributed by atoms with Crippen LogP contribution in [0, 0.1) is 11.8 Å². The molecule has 1 aromatic rings. The zero-order chi connectivity index (χ0) is 13.1. The van der Waals surface area contributed by atoms with E-state index in [1.807, 2.05) is 4.90 Å². The zero-order valence-corrected chi connectivity index (χ0v) is 11.2. The summed E-state index contributed by atoms with van der Waals surface area (Å²) in [4.78, 5) is 22.4. The van der Waals surface area contributed by atoms with Gasteiger partial charge in [0.25, 0.3) is 5.91 Å². The molecule has 1 saturated heterocycles. The minimum absolute atomic E-state index is 0.0113. The molecule has 1 fully saturated rings. The van der Waals surface area contributed by atoms with Crippen molar-refractivity contribution >= 4 is 11.7 Å². The van der Waals surface area contributed by atoms with Crippen LogP contribution in [0.15, 0.2) is 12.4 Å². The Labute approximate surface area is 108 Å². The molecule has 1 N–H and O–H groups in total. The van der Waals surface area contributed by atoms with Crippen LogP contribution >= 0.6 is 0 Å². The molecular weight excluding hydrogens is 228 g/mol. The van der Waals surface area contributed by atoms with Gasteiger partial charge in [-0.05, 0) is 18.3 Å². The van der Waals surface area contributed by atoms with Crippen LogP contribution in [0.2, 0.25) is 0 Å². The molecule has 1 aliphatic heterocycles. The molecule has 5 heteroatoms. The number of nitrogens with zero attached hydrogens (tertiary/aromatic N) is 3. The summed E-state index contributed by atoms with van der Waals surface area (Å²) < 4.78 is 0. The van der Waals surface area contributed by atoms with Gasteiger partial charge in [-0.1, -0.05) is 13.8 Å². The van der Waals surface area contributed by atoms with Gasteiger partial charge in [-0.3, -0.25) is 9.78 Å². The third-order valence-electron chi connectivity index (χ3n) is 3.56. The summed E-state index contributed by atoms with van der Waals surface area (Å²) in [5.41, 5.74) is 0.422. The average Bonchev–Trinajstić information content (AvgIpc) is 2.87. The zero-order valence-electron chi connectivity index (χ0n) is 11.2. The standard InChI is InChI=1S/C13H20N4O/c1-9(2)10-4-5-17(8-10)13(18)11-6-15-7-12(14-3)16-11/h6-7,9-10H,4-5,8H2,1-3H3,(H,14,16). The molecule has 1 amide bonds. The highest BCUT2D eigenvalue weighted by molar-refractivity contribution is 5.92. The van der Waals surface area contributed by atoms with Gasteiger partial charge in [0.2, 0.25) is 0 Å². The lowest BCUT2D eigenvalue weighted by atomic mass is 9.95. The third-order valence-corrected chi connectivity index (χ3v) is 3.56.